The lowest BCUT2D eigenvalue weighted by Gasteiger charge is -2.44. The molecule has 1 atom stereocenters. The minimum atomic E-state index is -1.10. The fraction of sp³-hybridized carbons (Fsp3) is 0.520. The molecule has 0 aliphatic carbocycles. The number of anilines is 1. The Morgan fingerprint density at radius 2 is 1.89 bits per heavy atom. The summed E-state index contributed by atoms with van der Waals surface area (Å²) in [6, 6.07) is 6.81. The van der Waals surface area contributed by atoms with Crippen molar-refractivity contribution in [3.8, 4) is 0 Å². The molecule has 11 heteroatoms. The van der Waals surface area contributed by atoms with Gasteiger partial charge < -0.3 is 15.4 Å². The number of nitrogens with one attached hydrogen (secondary N) is 1. The molecule has 0 bridgehead atoms. The molecule has 1 aromatic heterocycles. The Balaban J connectivity index is 1.28. The highest BCUT2D eigenvalue weighted by molar-refractivity contribution is 7.23. The molecule has 1 aromatic carbocycles. The third-order valence-electron chi connectivity index (χ3n) is 7.40. The number of hydrogen-bond donors (Lipinski definition) is 2. The van der Waals surface area contributed by atoms with Gasteiger partial charge in [0, 0.05) is 41.8 Å². The van der Waals surface area contributed by atoms with E-state index in [4.69, 9.17) is 10.5 Å². The zero-order valence-electron chi connectivity index (χ0n) is 20.5. The second-order valence-electron chi connectivity index (χ2n) is 10.0. The number of urea groups is 1. The molecule has 10 nitrogen and oxygen atoms in total. The standard InChI is InChI=1S/C25H31N5O5S/c1-15(2)30-22(32)25(35-24(30)34)10-5-11-29(14-25)16-8-12-28(13-9-16)21(31)19-17-6-3-4-7-18(17)36-20(19)27-23(26)33/h3-4,6-7,15-16H,5,8-14H2,1-2H3,(H3,26,27,33). The van der Waals surface area contributed by atoms with Crippen molar-refractivity contribution in [1.29, 1.82) is 0 Å². The average molecular weight is 514 g/mol. The average Bonchev–Trinajstić information content (AvgIpc) is 3.31. The number of nitrogens with two attached hydrogens (primary N) is 1. The Bertz CT molecular complexity index is 1220. The van der Waals surface area contributed by atoms with E-state index in [9.17, 15) is 19.2 Å². The van der Waals surface area contributed by atoms with Gasteiger partial charge in [0.05, 0.1) is 5.56 Å². The maximum Gasteiger partial charge on any atom is 0.418 e. The molecule has 3 fully saturated rings. The third-order valence-corrected chi connectivity index (χ3v) is 8.49. The second kappa shape index (κ2) is 9.36. The summed E-state index contributed by atoms with van der Waals surface area (Å²) in [7, 11) is 0. The fourth-order valence-corrected chi connectivity index (χ4v) is 6.78. The minimum absolute atomic E-state index is 0.128. The first-order valence-electron chi connectivity index (χ1n) is 12.4. The molecule has 5 amide bonds. The number of piperidine rings is 2. The zero-order chi connectivity index (χ0) is 25.6. The molecule has 1 spiro atoms. The lowest BCUT2D eigenvalue weighted by Crippen LogP contribution is -2.58. The predicted molar refractivity (Wildman–Crippen MR) is 136 cm³/mol. The van der Waals surface area contributed by atoms with E-state index in [0.29, 0.717) is 36.6 Å². The Kier molecular flexibility index (Phi) is 6.37. The summed E-state index contributed by atoms with van der Waals surface area (Å²) in [6.07, 6.45) is 2.25. The topological polar surface area (TPSA) is 125 Å². The Morgan fingerprint density at radius 1 is 1.17 bits per heavy atom. The lowest BCUT2D eigenvalue weighted by molar-refractivity contribution is -0.143. The van der Waals surface area contributed by atoms with Gasteiger partial charge in [-0.1, -0.05) is 18.2 Å². The maximum absolute atomic E-state index is 13.6. The summed E-state index contributed by atoms with van der Waals surface area (Å²) in [4.78, 5) is 55.9. The summed E-state index contributed by atoms with van der Waals surface area (Å²) < 4.78 is 6.59. The van der Waals surface area contributed by atoms with E-state index in [-0.39, 0.29) is 23.9 Å². The smallest absolute Gasteiger partial charge is 0.418 e. The monoisotopic (exact) mass is 513 g/mol. The number of rotatable bonds is 4. The van der Waals surface area contributed by atoms with Gasteiger partial charge >= 0.3 is 12.1 Å². The van der Waals surface area contributed by atoms with Gasteiger partial charge in [-0.05, 0) is 52.1 Å². The minimum Gasteiger partial charge on any atom is -0.431 e. The van der Waals surface area contributed by atoms with Gasteiger partial charge in [-0.3, -0.25) is 19.8 Å². The van der Waals surface area contributed by atoms with Crippen molar-refractivity contribution in [2.24, 2.45) is 5.73 Å². The Hall–Kier alpha value is -3.18. The van der Waals surface area contributed by atoms with Crippen LogP contribution in [0.15, 0.2) is 24.3 Å². The lowest BCUT2D eigenvalue weighted by atomic mass is 9.89. The van der Waals surface area contributed by atoms with Crippen LogP contribution in [0, 0.1) is 0 Å². The first kappa shape index (κ1) is 24.5. The van der Waals surface area contributed by atoms with Gasteiger partial charge in [-0.25, -0.2) is 14.5 Å². The third kappa shape index (κ3) is 4.20. The van der Waals surface area contributed by atoms with E-state index in [1.54, 1.807) is 0 Å². The van der Waals surface area contributed by atoms with Gasteiger partial charge in [-0.2, -0.15) is 0 Å². The van der Waals surface area contributed by atoms with Crippen LogP contribution in [-0.4, -0.2) is 82.5 Å². The van der Waals surface area contributed by atoms with E-state index in [2.05, 4.69) is 10.2 Å². The summed E-state index contributed by atoms with van der Waals surface area (Å²) in [5.41, 5.74) is 4.73. The van der Waals surface area contributed by atoms with Gasteiger partial charge in [0.2, 0.25) is 5.60 Å². The number of amides is 5. The number of benzene rings is 1. The molecule has 1 unspecified atom stereocenters. The van der Waals surface area contributed by atoms with E-state index in [1.165, 1.54) is 16.2 Å². The molecule has 3 N–H and O–H groups in total. The van der Waals surface area contributed by atoms with Crippen molar-refractivity contribution in [3.05, 3.63) is 29.8 Å². The second-order valence-corrected chi connectivity index (χ2v) is 11.1. The van der Waals surface area contributed by atoms with Crippen molar-refractivity contribution in [1.82, 2.24) is 14.7 Å². The molecule has 3 saturated heterocycles. The number of primary amides is 1. The summed E-state index contributed by atoms with van der Waals surface area (Å²) in [5, 5.41) is 3.88. The molecule has 0 saturated carbocycles. The van der Waals surface area contributed by atoms with E-state index >= 15 is 0 Å². The molecule has 4 heterocycles. The van der Waals surface area contributed by atoms with Crippen molar-refractivity contribution >= 4 is 50.4 Å². The molecule has 3 aliphatic rings. The van der Waals surface area contributed by atoms with E-state index in [0.717, 1.165) is 35.9 Å². The summed E-state index contributed by atoms with van der Waals surface area (Å²) in [5.74, 6) is -0.365. The van der Waals surface area contributed by atoms with E-state index in [1.807, 2.05) is 43.0 Å². The van der Waals surface area contributed by atoms with Crippen molar-refractivity contribution in [2.75, 3.05) is 31.5 Å². The van der Waals surface area contributed by atoms with Gasteiger partial charge in [-0.15, -0.1) is 11.3 Å². The highest BCUT2D eigenvalue weighted by Crippen LogP contribution is 2.38. The number of thiophene rings is 1. The SMILES string of the molecule is CC(C)N1C(=O)OC2(CCCN(C3CCN(C(=O)c4c(NC(N)=O)sc5ccccc45)CC3)C2)C1=O. The van der Waals surface area contributed by atoms with Crippen LogP contribution in [-0.2, 0) is 9.53 Å². The number of hydrogen-bond acceptors (Lipinski definition) is 7. The number of nitrogens with zero attached hydrogens (tertiary/aromatic N) is 3. The number of carbonyl (C=O) groups is 4. The highest BCUT2D eigenvalue weighted by atomic mass is 32.1. The van der Waals surface area contributed by atoms with Crippen molar-refractivity contribution < 1.29 is 23.9 Å². The van der Waals surface area contributed by atoms with Gasteiger partial charge in [0.1, 0.15) is 5.00 Å². The summed E-state index contributed by atoms with van der Waals surface area (Å²) in [6.45, 7) is 5.95. The van der Waals surface area contributed by atoms with Gasteiger partial charge in [0.25, 0.3) is 11.8 Å². The van der Waals surface area contributed by atoms with E-state index < -0.39 is 17.7 Å². The van der Waals surface area contributed by atoms with Crippen molar-refractivity contribution in [2.45, 2.75) is 57.2 Å². The largest absolute Gasteiger partial charge is 0.431 e. The van der Waals surface area contributed by atoms with Crippen LogP contribution in [0.4, 0.5) is 14.6 Å². The predicted octanol–water partition coefficient (Wildman–Crippen LogP) is 3.22. The van der Waals surface area contributed by atoms with Gasteiger partial charge in [0.15, 0.2) is 0 Å². The zero-order valence-corrected chi connectivity index (χ0v) is 21.3. The molecular weight excluding hydrogens is 482 g/mol. The van der Waals surface area contributed by atoms with Crippen LogP contribution in [0.5, 0.6) is 0 Å². The van der Waals surface area contributed by atoms with Crippen LogP contribution in [0.3, 0.4) is 0 Å². The first-order chi connectivity index (χ1) is 17.2. The van der Waals surface area contributed by atoms with Crippen LogP contribution >= 0.6 is 11.3 Å². The summed E-state index contributed by atoms with van der Waals surface area (Å²) >= 11 is 1.34. The first-order valence-corrected chi connectivity index (χ1v) is 13.2. The maximum atomic E-state index is 13.6. The molecule has 36 heavy (non-hydrogen) atoms. The van der Waals surface area contributed by atoms with Crippen LogP contribution in [0.2, 0.25) is 0 Å². The Morgan fingerprint density at radius 3 is 2.56 bits per heavy atom. The molecule has 5 rings (SSSR count). The van der Waals surface area contributed by atoms with Crippen LogP contribution in [0.25, 0.3) is 10.1 Å². The normalized spacial score (nSPS) is 23.6. The molecule has 2 aromatic rings. The number of ether oxygens (including phenoxy) is 1. The molecule has 192 valence electrons. The highest BCUT2D eigenvalue weighted by Gasteiger charge is 2.56. The molecule has 3 aliphatic heterocycles. The number of imide groups is 1. The van der Waals surface area contributed by atoms with Crippen LogP contribution in [0.1, 0.15) is 49.9 Å². The van der Waals surface area contributed by atoms with Crippen molar-refractivity contribution in [3.63, 3.8) is 0 Å². The number of likely N-dealkylation sites (tertiary alicyclic amines) is 2. The number of fused-ring (bicyclic) bond motifs is 1. The number of carbonyl (C=O) groups excluding carboxylic acids is 4. The quantitative estimate of drug-likeness (QED) is 0.647. The Labute approximate surface area is 213 Å². The fourth-order valence-electron chi connectivity index (χ4n) is 5.68. The molecular formula is C25H31N5O5S. The molecule has 0 radical (unpaired) electrons. The van der Waals surface area contributed by atoms with Crippen LogP contribution < -0.4 is 11.1 Å².